The number of rotatable bonds is 4. The van der Waals surface area contributed by atoms with Gasteiger partial charge in [-0.05, 0) is 35.9 Å². The SMILES string of the molecule is Cc1cccc(NC(c2cccs2)C(C)C)c1N. The first-order valence-electron chi connectivity index (χ1n) is 6.24. The lowest BCUT2D eigenvalue weighted by Gasteiger charge is -2.23. The van der Waals surface area contributed by atoms with Crippen LogP contribution in [-0.4, -0.2) is 0 Å². The Bertz CT molecular complexity index is 503. The summed E-state index contributed by atoms with van der Waals surface area (Å²) in [6.45, 7) is 6.49. The molecule has 3 N–H and O–H groups in total. The van der Waals surface area contributed by atoms with Crippen molar-refractivity contribution in [2.45, 2.75) is 26.8 Å². The molecule has 3 heteroatoms. The number of aryl methyl sites for hydroxylation is 1. The lowest BCUT2D eigenvalue weighted by Crippen LogP contribution is -2.16. The van der Waals surface area contributed by atoms with E-state index in [-0.39, 0.29) is 0 Å². The van der Waals surface area contributed by atoms with E-state index < -0.39 is 0 Å². The van der Waals surface area contributed by atoms with Crippen LogP contribution in [0.2, 0.25) is 0 Å². The molecular formula is C15H20N2S. The molecule has 0 aliphatic carbocycles. The number of nitrogen functional groups attached to an aromatic ring is 1. The maximum Gasteiger partial charge on any atom is 0.0630 e. The first-order chi connectivity index (χ1) is 8.59. The van der Waals surface area contributed by atoms with Crippen molar-refractivity contribution in [1.29, 1.82) is 0 Å². The van der Waals surface area contributed by atoms with Gasteiger partial charge >= 0.3 is 0 Å². The van der Waals surface area contributed by atoms with Gasteiger partial charge in [0.05, 0.1) is 17.4 Å². The van der Waals surface area contributed by atoms with Crippen LogP contribution < -0.4 is 11.1 Å². The average Bonchev–Trinajstić information content (AvgIpc) is 2.84. The summed E-state index contributed by atoms with van der Waals surface area (Å²) >= 11 is 1.79. The summed E-state index contributed by atoms with van der Waals surface area (Å²) in [7, 11) is 0. The molecule has 0 saturated heterocycles. The van der Waals surface area contributed by atoms with E-state index in [1.165, 1.54) is 4.88 Å². The highest BCUT2D eigenvalue weighted by Crippen LogP contribution is 2.32. The van der Waals surface area contributed by atoms with E-state index in [1.54, 1.807) is 11.3 Å². The van der Waals surface area contributed by atoms with E-state index >= 15 is 0 Å². The van der Waals surface area contributed by atoms with Gasteiger partial charge < -0.3 is 11.1 Å². The van der Waals surface area contributed by atoms with Crippen LogP contribution in [0.4, 0.5) is 11.4 Å². The van der Waals surface area contributed by atoms with Gasteiger partial charge in [0.2, 0.25) is 0 Å². The molecule has 0 bridgehead atoms. The van der Waals surface area contributed by atoms with Gasteiger partial charge in [0, 0.05) is 4.88 Å². The minimum atomic E-state index is 0.314. The molecule has 2 aromatic rings. The van der Waals surface area contributed by atoms with Crippen LogP contribution in [0.3, 0.4) is 0 Å². The second-order valence-electron chi connectivity index (χ2n) is 4.92. The molecule has 0 radical (unpaired) electrons. The topological polar surface area (TPSA) is 38.0 Å². The third kappa shape index (κ3) is 2.67. The standard InChI is InChI=1S/C15H20N2S/c1-10(2)15(13-8-5-9-18-13)17-12-7-4-6-11(3)14(12)16/h4-10,15,17H,16H2,1-3H3. The van der Waals surface area contributed by atoms with E-state index in [4.69, 9.17) is 5.73 Å². The normalized spacial score (nSPS) is 12.7. The van der Waals surface area contributed by atoms with E-state index in [0.717, 1.165) is 16.9 Å². The van der Waals surface area contributed by atoms with Gasteiger partial charge in [-0.2, -0.15) is 0 Å². The molecule has 0 aliphatic rings. The molecule has 1 aromatic carbocycles. The predicted octanol–water partition coefficient (Wildman–Crippen LogP) is 4.45. The summed E-state index contributed by atoms with van der Waals surface area (Å²) in [5.74, 6) is 0.517. The molecule has 1 unspecified atom stereocenters. The molecule has 96 valence electrons. The number of anilines is 2. The van der Waals surface area contributed by atoms with Crippen LogP contribution >= 0.6 is 11.3 Å². The zero-order valence-corrected chi connectivity index (χ0v) is 11.9. The summed E-state index contributed by atoms with van der Waals surface area (Å²) in [5.41, 5.74) is 9.12. The van der Waals surface area contributed by atoms with E-state index in [9.17, 15) is 0 Å². The molecule has 0 fully saturated rings. The maximum atomic E-state index is 6.13. The molecule has 0 aliphatic heterocycles. The highest BCUT2D eigenvalue weighted by atomic mass is 32.1. The van der Waals surface area contributed by atoms with Crippen LogP contribution in [-0.2, 0) is 0 Å². The summed E-state index contributed by atoms with van der Waals surface area (Å²) in [6, 6.07) is 10.7. The molecule has 18 heavy (non-hydrogen) atoms. The molecule has 0 saturated carbocycles. The summed E-state index contributed by atoms with van der Waals surface area (Å²) in [5, 5.41) is 5.69. The predicted molar refractivity (Wildman–Crippen MR) is 81.1 cm³/mol. The van der Waals surface area contributed by atoms with Crippen LogP contribution in [0.25, 0.3) is 0 Å². The summed E-state index contributed by atoms with van der Waals surface area (Å²) < 4.78 is 0. The monoisotopic (exact) mass is 260 g/mol. The minimum absolute atomic E-state index is 0.314. The molecule has 2 rings (SSSR count). The van der Waals surface area contributed by atoms with Crippen molar-refractivity contribution in [1.82, 2.24) is 0 Å². The Kier molecular flexibility index (Phi) is 3.92. The largest absolute Gasteiger partial charge is 0.397 e. The van der Waals surface area contributed by atoms with Crippen molar-refractivity contribution >= 4 is 22.7 Å². The lowest BCUT2D eigenvalue weighted by atomic mass is 10.0. The fourth-order valence-electron chi connectivity index (χ4n) is 2.01. The highest BCUT2D eigenvalue weighted by molar-refractivity contribution is 7.10. The molecule has 1 heterocycles. The fraction of sp³-hybridized carbons (Fsp3) is 0.333. The molecule has 0 spiro atoms. The smallest absolute Gasteiger partial charge is 0.0630 e. The molecule has 1 aromatic heterocycles. The first-order valence-corrected chi connectivity index (χ1v) is 7.12. The number of nitrogens with one attached hydrogen (secondary N) is 1. The van der Waals surface area contributed by atoms with Crippen LogP contribution in [0.1, 0.15) is 30.3 Å². The second kappa shape index (κ2) is 5.44. The van der Waals surface area contributed by atoms with Gasteiger partial charge in [-0.3, -0.25) is 0 Å². The lowest BCUT2D eigenvalue weighted by molar-refractivity contribution is 0.554. The first kappa shape index (κ1) is 13.0. The van der Waals surface area contributed by atoms with Crippen molar-refractivity contribution in [3.8, 4) is 0 Å². The van der Waals surface area contributed by atoms with Gasteiger partial charge in [-0.1, -0.05) is 32.0 Å². The van der Waals surface area contributed by atoms with Crippen LogP contribution in [0.5, 0.6) is 0 Å². The summed E-state index contributed by atoms with van der Waals surface area (Å²) in [4.78, 5) is 1.35. The summed E-state index contributed by atoms with van der Waals surface area (Å²) in [6.07, 6.45) is 0. The quantitative estimate of drug-likeness (QED) is 0.797. The Morgan fingerprint density at radius 3 is 2.56 bits per heavy atom. The Morgan fingerprint density at radius 2 is 1.94 bits per heavy atom. The number of para-hydroxylation sites is 1. The number of thiophene rings is 1. The van der Waals surface area contributed by atoms with Crippen LogP contribution in [0.15, 0.2) is 35.7 Å². The minimum Gasteiger partial charge on any atom is -0.397 e. The number of hydrogen-bond acceptors (Lipinski definition) is 3. The van der Waals surface area contributed by atoms with Crippen molar-refractivity contribution < 1.29 is 0 Å². The van der Waals surface area contributed by atoms with Crippen molar-refractivity contribution in [2.75, 3.05) is 11.1 Å². The van der Waals surface area contributed by atoms with Crippen molar-refractivity contribution in [3.05, 3.63) is 46.2 Å². The zero-order valence-electron chi connectivity index (χ0n) is 11.1. The Hall–Kier alpha value is -1.48. The van der Waals surface area contributed by atoms with Gasteiger partial charge in [0.1, 0.15) is 0 Å². The number of benzene rings is 1. The maximum absolute atomic E-state index is 6.13. The molecule has 2 nitrogen and oxygen atoms in total. The van der Waals surface area contributed by atoms with Crippen LogP contribution in [0, 0.1) is 12.8 Å². The number of hydrogen-bond donors (Lipinski definition) is 2. The molecule has 0 amide bonds. The van der Waals surface area contributed by atoms with Gasteiger partial charge in [-0.15, -0.1) is 11.3 Å². The van der Waals surface area contributed by atoms with Crippen molar-refractivity contribution in [2.24, 2.45) is 5.92 Å². The van der Waals surface area contributed by atoms with Crippen molar-refractivity contribution in [3.63, 3.8) is 0 Å². The average molecular weight is 260 g/mol. The van der Waals surface area contributed by atoms with Gasteiger partial charge in [0.25, 0.3) is 0 Å². The third-order valence-electron chi connectivity index (χ3n) is 3.15. The van der Waals surface area contributed by atoms with E-state index in [0.29, 0.717) is 12.0 Å². The van der Waals surface area contributed by atoms with E-state index in [1.807, 2.05) is 25.1 Å². The highest BCUT2D eigenvalue weighted by Gasteiger charge is 2.17. The second-order valence-corrected chi connectivity index (χ2v) is 5.90. The Morgan fingerprint density at radius 1 is 1.17 bits per heavy atom. The zero-order chi connectivity index (χ0) is 13.1. The van der Waals surface area contributed by atoms with Gasteiger partial charge in [-0.25, -0.2) is 0 Å². The third-order valence-corrected chi connectivity index (χ3v) is 4.11. The molecular weight excluding hydrogens is 240 g/mol. The van der Waals surface area contributed by atoms with Gasteiger partial charge in [0.15, 0.2) is 0 Å². The van der Waals surface area contributed by atoms with E-state index in [2.05, 4.69) is 36.7 Å². The number of nitrogens with two attached hydrogens (primary N) is 1. The Labute approximate surface area is 113 Å². The molecule has 1 atom stereocenters. The Balaban J connectivity index is 2.27. The fourth-order valence-corrected chi connectivity index (χ4v) is 2.96.